The van der Waals surface area contributed by atoms with E-state index in [0.29, 0.717) is 11.6 Å². The number of benzene rings is 1. The van der Waals surface area contributed by atoms with E-state index in [-0.39, 0.29) is 11.8 Å². The first-order chi connectivity index (χ1) is 13.5. The molecule has 1 aliphatic carbocycles. The van der Waals surface area contributed by atoms with Crippen LogP contribution in [0.1, 0.15) is 50.3 Å². The summed E-state index contributed by atoms with van der Waals surface area (Å²) in [5.74, 6) is -0.0750. The van der Waals surface area contributed by atoms with Crippen LogP contribution in [-0.4, -0.2) is 15.5 Å². The highest BCUT2D eigenvalue weighted by Crippen LogP contribution is 2.42. The second-order valence-electron chi connectivity index (χ2n) is 7.90. The first-order valence-electron chi connectivity index (χ1n) is 9.81. The maximum Gasteiger partial charge on any atom is 0.226 e. The van der Waals surface area contributed by atoms with Gasteiger partial charge in [0.15, 0.2) is 0 Å². The normalized spacial score (nSPS) is 14.1. The molecule has 1 saturated carbocycles. The number of amides is 1. The van der Waals surface area contributed by atoms with Gasteiger partial charge in [-0.25, -0.2) is 4.98 Å². The van der Waals surface area contributed by atoms with E-state index >= 15 is 0 Å². The fraction of sp³-hybridized carbons (Fsp3) is 0.348. The Bertz CT molecular complexity index is 1080. The number of carbonyl (C=O) groups is 1. The molecule has 28 heavy (non-hydrogen) atoms. The molecule has 2 heterocycles. The van der Waals surface area contributed by atoms with Gasteiger partial charge < -0.3 is 9.88 Å². The lowest BCUT2D eigenvalue weighted by Crippen LogP contribution is -2.18. The molecule has 1 fully saturated rings. The van der Waals surface area contributed by atoms with Gasteiger partial charge in [0.05, 0.1) is 11.3 Å². The number of fused-ring (bicyclic) bond motifs is 1. The smallest absolute Gasteiger partial charge is 0.226 e. The quantitative estimate of drug-likeness (QED) is 0.684. The van der Waals surface area contributed by atoms with Gasteiger partial charge in [-0.05, 0) is 55.5 Å². The molecule has 0 saturated heterocycles. The number of nitrogens with zero attached hydrogens (tertiary/aromatic N) is 3. The average Bonchev–Trinajstić information content (AvgIpc) is 2.94. The highest BCUT2D eigenvalue weighted by Gasteiger charge is 2.28. The summed E-state index contributed by atoms with van der Waals surface area (Å²) in [7, 11) is 0. The first kappa shape index (κ1) is 18.2. The van der Waals surface area contributed by atoms with Crippen LogP contribution >= 0.6 is 0 Å². The van der Waals surface area contributed by atoms with Gasteiger partial charge in [-0.3, -0.25) is 4.79 Å². The molecule has 1 aromatic carbocycles. The minimum Gasteiger partial charge on any atom is -0.326 e. The van der Waals surface area contributed by atoms with Gasteiger partial charge in [-0.2, -0.15) is 5.26 Å². The van der Waals surface area contributed by atoms with Gasteiger partial charge in [0.25, 0.3) is 0 Å². The topological polar surface area (TPSA) is 70.7 Å². The molecule has 0 aliphatic heterocycles. The predicted molar refractivity (Wildman–Crippen MR) is 111 cm³/mol. The number of carbonyl (C=O) groups excluding carboxylic acids is 1. The van der Waals surface area contributed by atoms with Crippen molar-refractivity contribution >= 4 is 22.6 Å². The van der Waals surface area contributed by atoms with E-state index in [0.717, 1.165) is 46.4 Å². The molecule has 1 N–H and O–H groups in total. The van der Waals surface area contributed by atoms with Crippen LogP contribution in [-0.2, 0) is 4.79 Å². The molecule has 2 aromatic heterocycles. The van der Waals surface area contributed by atoms with Crippen LogP contribution in [0.15, 0.2) is 36.5 Å². The summed E-state index contributed by atoms with van der Waals surface area (Å²) in [6.45, 7) is 5.74. The fourth-order valence-electron chi connectivity index (χ4n) is 3.69. The Balaban J connectivity index is 1.84. The molecule has 0 spiro atoms. The SMILES string of the molecule is Cc1cnc2c(c1)c(C#N)c(-c1ccc(NC(=O)C(C)C)cc1)n2C1CCC1. The number of anilines is 1. The van der Waals surface area contributed by atoms with Crippen LogP contribution < -0.4 is 5.32 Å². The third-order valence-electron chi connectivity index (χ3n) is 5.48. The van der Waals surface area contributed by atoms with Crippen LogP contribution in [0.4, 0.5) is 5.69 Å². The lowest BCUT2D eigenvalue weighted by molar-refractivity contribution is -0.118. The van der Waals surface area contributed by atoms with Crippen molar-refractivity contribution in [1.82, 2.24) is 9.55 Å². The summed E-state index contributed by atoms with van der Waals surface area (Å²) in [4.78, 5) is 16.6. The number of nitriles is 1. The third kappa shape index (κ3) is 3.05. The summed E-state index contributed by atoms with van der Waals surface area (Å²) >= 11 is 0. The zero-order chi connectivity index (χ0) is 19.8. The molecule has 5 heteroatoms. The number of hydrogen-bond donors (Lipinski definition) is 1. The Morgan fingerprint density at radius 2 is 2.00 bits per heavy atom. The van der Waals surface area contributed by atoms with Crippen molar-refractivity contribution in [2.75, 3.05) is 5.32 Å². The second kappa shape index (κ2) is 7.12. The zero-order valence-corrected chi connectivity index (χ0v) is 16.5. The largest absolute Gasteiger partial charge is 0.326 e. The van der Waals surface area contributed by atoms with Crippen molar-refractivity contribution in [3.05, 3.63) is 47.7 Å². The molecule has 5 nitrogen and oxygen atoms in total. The van der Waals surface area contributed by atoms with E-state index in [9.17, 15) is 10.1 Å². The summed E-state index contributed by atoms with van der Waals surface area (Å²) in [6.07, 6.45) is 5.30. The summed E-state index contributed by atoms with van der Waals surface area (Å²) in [5, 5.41) is 13.8. The van der Waals surface area contributed by atoms with Gasteiger partial charge in [-0.15, -0.1) is 0 Å². The van der Waals surface area contributed by atoms with Gasteiger partial charge in [0, 0.05) is 29.2 Å². The summed E-state index contributed by atoms with van der Waals surface area (Å²) in [6, 6.07) is 12.6. The van der Waals surface area contributed by atoms with E-state index in [1.54, 1.807) is 0 Å². The van der Waals surface area contributed by atoms with Crippen LogP contribution in [0.2, 0.25) is 0 Å². The van der Waals surface area contributed by atoms with Gasteiger partial charge in [0.1, 0.15) is 11.7 Å². The molecule has 0 bridgehead atoms. The number of nitrogens with one attached hydrogen (secondary N) is 1. The summed E-state index contributed by atoms with van der Waals surface area (Å²) in [5.41, 5.74) is 5.29. The van der Waals surface area contributed by atoms with Crippen molar-refractivity contribution in [3.63, 3.8) is 0 Å². The minimum absolute atomic E-state index is 0.00581. The highest BCUT2D eigenvalue weighted by molar-refractivity contribution is 5.94. The Labute approximate surface area is 165 Å². The average molecular weight is 372 g/mol. The van der Waals surface area contributed by atoms with Crippen molar-refractivity contribution in [2.24, 2.45) is 5.92 Å². The number of aromatic nitrogens is 2. The molecule has 0 unspecified atom stereocenters. The van der Waals surface area contributed by atoms with Crippen molar-refractivity contribution in [1.29, 1.82) is 5.26 Å². The molecule has 3 aromatic rings. The molecular formula is C23H24N4O. The van der Waals surface area contributed by atoms with Crippen LogP contribution in [0.25, 0.3) is 22.3 Å². The van der Waals surface area contributed by atoms with Gasteiger partial charge in [-0.1, -0.05) is 26.0 Å². The number of hydrogen-bond acceptors (Lipinski definition) is 3. The first-order valence-corrected chi connectivity index (χ1v) is 9.81. The molecule has 1 aliphatic rings. The molecule has 0 radical (unpaired) electrons. The highest BCUT2D eigenvalue weighted by atomic mass is 16.1. The Morgan fingerprint density at radius 3 is 2.57 bits per heavy atom. The minimum atomic E-state index is -0.0691. The predicted octanol–water partition coefficient (Wildman–Crippen LogP) is 5.20. The molecule has 142 valence electrons. The maximum absolute atomic E-state index is 11.9. The van der Waals surface area contributed by atoms with E-state index in [1.165, 1.54) is 6.42 Å². The van der Waals surface area contributed by atoms with Crippen LogP contribution in [0, 0.1) is 24.2 Å². The number of pyridine rings is 1. The van der Waals surface area contributed by atoms with E-state index in [2.05, 4.69) is 27.0 Å². The second-order valence-corrected chi connectivity index (χ2v) is 7.90. The molecule has 4 rings (SSSR count). The standard InChI is InChI=1S/C23H24N4O/c1-14(2)23(28)26-17-9-7-16(8-10-17)21-20(12-24)19-11-15(3)13-25-22(19)27(21)18-5-4-6-18/h7-11,13-14,18H,4-6H2,1-3H3,(H,26,28). The van der Waals surface area contributed by atoms with Crippen LogP contribution in [0.5, 0.6) is 0 Å². The molecule has 1 amide bonds. The Morgan fingerprint density at radius 1 is 1.29 bits per heavy atom. The zero-order valence-electron chi connectivity index (χ0n) is 16.5. The molecular weight excluding hydrogens is 348 g/mol. The lowest BCUT2D eigenvalue weighted by Gasteiger charge is -2.29. The molecule has 0 atom stereocenters. The fourth-order valence-corrected chi connectivity index (χ4v) is 3.69. The van der Waals surface area contributed by atoms with Crippen molar-refractivity contribution in [3.8, 4) is 17.3 Å². The van der Waals surface area contributed by atoms with E-state index in [1.807, 2.05) is 51.2 Å². The van der Waals surface area contributed by atoms with Crippen LogP contribution in [0.3, 0.4) is 0 Å². The van der Waals surface area contributed by atoms with E-state index < -0.39 is 0 Å². The summed E-state index contributed by atoms with van der Waals surface area (Å²) < 4.78 is 2.25. The number of aryl methyl sites for hydroxylation is 1. The third-order valence-corrected chi connectivity index (χ3v) is 5.48. The number of rotatable bonds is 4. The van der Waals surface area contributed by atoms with Gasteiger partial charge >= 0.3 is 0 Å². The van der Waals surface area contributed by atoms with Crippen molar-refractivity contribution in [2.45, 2.75) is 46.1 Å². The van der Waals surface area contributed by atoms with Gasteiger partial charge in [0.2, 0.25) is 5.91 Å². The maximum atomic E-state index is 11.9. The van der Waals surface area contributed by atoms with Crippen molar-refractivity contribution < 1.29 is 4.79 Å². The lowest BCUT2D eigenvalue weighted by atomic mass is 9.92. The monoisotopic (exact) mass is 372 g/mol. The van der Waals surface area contributed by atoms with E-state index in [4.69, 9.17) is 0 Å². The Kier molecular flexibility index (Phi) is 4.64. The Hall–Kier alpha value is -3.13.